The molecule has 0 spiro atoms. The van der Waals surface area contributed by atoms with E-state index in [2.05, 4.69) is 9.97 Å². The van der Waals surface area contributed by atoms with Gasteiger partial charge in [-0.05, 0) is 41.5 Å². The molecule has 4 heteroatoms. The number of phenolic OH excluding ortho intramolecular Hbond substituents is 2. The first-order chi connectivity index (χ1) is 10.7. The third-order valence-electron chi connectivity index (χ3n) is 3.17. The van der Waals surface area contributed by atoms with Gasteiger partial charge in [-0.15, -0.1) is 0 Å². The molecule has 3 aromatic rings. The molecule has 2 N–H and O–H groups in total. The topological polar surface area (TPSA) is 66.2 Å². The van der Waals surface area contributed by atoms with Crippen molar-refractivity contribution in [3.8, 4) is 22.9 Å². The van der Waals surface area contributed by atoms with Crippen molar-refractivity contribution in [2.75, 3.05) is 0 Å². The lowest BCUT2D eigenvalue weighted by Crippen LogP contribution is -1.88. The first-order valence-corrected chi connectivity index (χ1v) is 6.80. The quantitative estimate of drug-likeness (QED) is 0.721. The van der Waals surface area contributed by atoms with Gasteiger partial charge in [0.15, 0.2) is 5.82 Å². The molecular formula is C18H14N2O2. The number of rotatable bonds is 3. The Kier molecular flexibility index (Phi) is 3.83. The summed E-state index contributed by atoms with van der Waals surface area (Å²) in [4.78, 5) is 8.31. The number of aromatic hydroxyl groups is 2. The number of nitrogens with zero attached hydrogens (tertiary/aromatic N) is 2. The minimum atomic E-state index is 0.140. The minimum Gasteiger partial charge on any atom is -0.508 e. The Balaban J connectivity index is 1.93. The van der Waals surface area contributed by atoms with Crippen LogP contribution in [0.15, 0.2) is 60.9 Å². The summed E-state index contributed by atoms with van der Waals surface area (Å²) in [6.07, 6.45) is 7.07. The Bertz CT molecular complexity index is 814. The Labute approximate surface area is 128 Å². The minimum absolute atomic E-state index is 0.140. The van der Waals surface area contributed by atoms with Crippen LogP contribution in [0.4, 0.5) is 0 Å². The summed E-state index contributed by atoms with van der Waals surface area (Å²) in [7, 11) is 0. The van der Waals surface area contributed by atoms with Crippen molar-refractivity contribution < 1.29 is 10.2 Å². The number of hydrogen-bond donors (Lipinski definition) is 2. The van der Waals surface area contributed by atoms with Gasteiger partial charge >= 0.3 is 0 Å². The molecule has 1 aromatic heterocycles. The van der Waals surface area contributed by atoms with Gasteiger partial charge in [0.05, 0.1) is 5.56 Å². The van der Waals surface area contributed by atoms with E-state index in [4.69, 9.17) is 0 Å². The van der Waals surface area contributed by atoms with Gasteiger partial charge < -0.3 is 10.2 Å². The maximum absolute atomic E-state index is 9.97. The van der Waals surface area contributed by atoms with E-state index >= 15 is 0 Å². The zero-order valence-electron chi connectivity index (χ0n) is 11.7. The number of hydrogen-bond acceptors (Lipinski definition) is 4. The zero-order valence-corrected chi connectivity index (χ0v) is 11.7. The molecule has 108 valence electrons. The summed E-state index contributed by atoms with van der Waals surface area (Å²) in [6, 6.07) is 14.0. The molecule has 22 heavy (non-hydrogen) atoms. The van der Waals surface area contributed by atoms with E-state index in [1.54, 1.807) is 48.8 Å². The van der Waals surface area contributed by atoms with Crippen molar-refractivity contribution >= 4 is 12.2 Å². The lowest BCUT2D eigenvalue weighted by atomic mass is 10.1. The molecule has 1 heterocycles. The van der Waals surface area contributed by atoms with Gasteiger partial charge in [-0.2, -0.15) is 0 Å². The van der Waals surface area contributed by atoms with Crippen LogP contribution in [0.5, 0.6) is 11.5 Å². The predicted molar refractivity (Wildman–Crippen MR) is 86.2 cm³/mol. The van der Waals surface area contributed by atoms with Crippen LogP contribution in [-0.2, 0) is 0 Å². The number of phenols is 2. The SMILES string of the molecule is Oc1cccc(/C=C/c2ccc(O)c(-c3ncccn3)c2)c1. The van der Waals surface area contributed by atoms with Crippen molar-refractivity contribution in [3.63, 3.8) is 0 Å². The van der Waals surface area contributed by atoms with Crippen LogP contribution in [0.25, 0.3) is 23.5 Å². The second-order valence-electron chi connectivity index (χ2n) is 4.78. The maximum Gasteiger partial charge on any atom is 0.162 e. The monoisotopic (exact) mass is 290 g/mol. The molecule has 0 aliphatic rings. The van der Waals surface area contributed by atoms with Crippen molar-refractivity contribution in [3.05, 3.63) is 72.1 Å². The van der Waals surface area contributed by atoms with Crippen LogP contribution in [0.2, 0.25) is 0 Å². The fourth-order valence-electron chi connectivity index (χ4n) is 2.10. The van der Waals surface area contributed by atoms with E-state index in [-0.39, 0.29) is 11.5 Å². The molecular weight excluding hydrogens is 276 g/mol. The molecule has 0 unspecified atom stereocenters. The molecule has 0 amide bonds. The van der Waals surface area contributed by atoms with Gasteiger partial charge in [-0.1, -0.05) is 30.4 Å². The fourth-order valence-corrected chi connectivity index (χ4v) is 2.10. The Morgan fingerprint density at radius 1 is 0.773 bits per heavy atom. The van der Waals surface area contributed by atoms with E-state index in [0.717, 1.165) is 11.1 Å². The van der Waals surface area contributed by atoms with Crippen molar-refractivity contribution in [2.45, 2.75) is 0 Å². The summed E-state index contributed by atoms with van der Waals surface area (Å²) >= 11 is 0. The molecule has 0 radical (unpaired) electrons. The highest BCUT2D eigenvalue weighted by Gasteiger charge is 2.06. The second-order valence-corrected chi connectivity index (χ2v) is 4.78. The van der Waals surface area contributed by atoms with Crippen LogP contribution in [0.3, 0.4) is 0 Å². The zero-order chi connectivity index (χ0) is 15.4. The summed E-state index contributed by atoms with van der Waals surface area (Å²) < 4.78 is 0. The first kappa shape index (κ1) is 13.8. The lowest BCUT2D eigenvalue weighted by Gasteiger charge is -2.04. The normalized spacial score (nSPS) is 10.9. The Morgan fingerprint density at radius 3 is 2.23 bits per heavy atom. The molecule has 0 saturated carbocycles. The highest BCUT2D eigenvalue weighted by molar-refractivity contribution is 5.74. The number of aromatic nitrogens is 2. The molecule has 0 fully saturated rings. The Hall–Kier alpha value is -3.14. The molecule has 0 aliphatic heterocycles. The van der Waals surface area contributed by atoms with Crippen LogP contribution in [0, 0.1) is 0 Å². The van der Waals surface area contributed by atoms with Crippen molar-refractivity contribution in [1.82, 2.24) is 9.97 Å². The molecule has 2 aromatic carbocycles. The van der Waals surface area contributed by atoms with Crippen LogP contribution in [0.1, 0.15) is 11.1 Å². The Morgan fingerprint density at radius 2 is 1.50 bits per heavy atom. The second kappa shape index (κ2) is 6.10. The van der Waals surface area contributed by atoms with E-state index in [0.29, 0.717) is 11.4 Å². The van der Waals surface area contributed by atoms with Gasteiger partial charge in [0.1, 0.15) is 11.5 Å². The van der Waals surface area contributed by atoms with Gasteiger partial charge in [-0.25, -0.2) is 9.97 Å². The predicted octanol–water partition coefficient (Wildman–Crippen LogP) is 3.73. The summed E-state index contributed by atoms with van der Waals surface area (Å²) in [5.41, 5.74) is 2.38. The number of benzene rings is 2. The average molecular weight is 290 g/mol. The molecule has 0 aliphatic carbocycles. The van der Waals surface area contributed by atoms with Crippen LogP contribution >= 0.6 is 0 Å². The molecule has 0 saturated heterocycles. The van der Waals surface area contributed by atoms with Gasteiger partial charge in [0, 0.05) is 12.4 Å². The van der Waals surface area contributed by atoms with Crippen molar-refractivity contribution in [1.29, 1.82) is 0 Å². The highest BCUT2D eigenvalue weighted by Crippen LogP contribution is 2.27. The highest BCUT2D eigenvalue weighted by atomic mass is 16.3. The van der Waals surface area contributed by atoms with Gasteiger partial charge in [0.25, 0.3) is 0 Å². The van der Waals surface area contributed by atoms with E-state index in [1.165, 1.54) is 0 Å². The molecule has 3 rings (SSSR count). The lowest BCUT2D eigenvalue weighted by molar-refractivity contribution is 0.475. The van der Waals surface area contributed by atoms with Crippen LogP contribution in [-0.4, -0.2) is 20.2 Å². The van der Waals surface area contributed by atoms with Crippen LogP contribution < -0.4 is 0 Å². The molecule has 0 bridgehead atoms. The van der Waals surface area contributed by atoms with E-state index in [9.17, 15) is 10.2 Å². The standard InChI is InChI=1S/C18H14N2O2/c21-15-4-1-3-13(11-15)5-6-14-7-8-17(22)16(12-14)18-19-9-2-10-20-18/h1-12,21-22H/b6-5+. The van der Waals surface area contributed by atoms with E-state index < -0.39 is 0 Å². The largest absolute Gasteiger partial charge is 0.508 e. The molecule has 4 nitrogen and oxygen atoms in total. The fraction of sp³-hybridized carbons (Fsp3) is 0. The third-order valence-corrected chi connectivity index (χ3v) is 3.17. The maximum atomic E-state index is 9.97. The van der Waals surface area contributed by atoms with Gasteiger partial charge in [0.2, 0.25) is 0 Å². The summed E-state index contributed by atoms with van der Waals surface area (Å²) in [6.45, 7) is 0. The summed E-state index contributed by atoms with van der Waals surface area (Å²) in [5.74, 6) is 0.847. The van der Waals surface area contributed by atoms with E-state index in [1.807, 2.05) is 24.3 Å². The molecule has 0 atom stereocenters. The third kappa shape index (κ3) is 3.12. The average Bonchev–Trinajstić information content (AvgIpc) is 2.55. The van der Waals surface area contributed by atoms with Crippen molar-refractivity contribution in [2.24, 2.45) is 0 Å². The first-order valence-electron chi connectivity index (χ1n) is 6.80. The summed E-state index contributed by atoms with van der Waals surface area (Å²) in [5, 5.41) is 19.4. The smallest absolute Gasteiger partial charge is 0.162 e. The van der Waals surface area contributed by atoms with Gasteiger partial charge in [-0.3, -0.25) is 0 Å².